The van der Waals surface area contributed by atoms with E-state index >= 15 is 0 Å². The average molecular weight is 502 g/mol. The van der Waals surface area contributed by atoms with Gasteiger partial charge in [0, 0.05) is 6.08 Å². The third-order valence-electron chi connectivity index (χ3n) is 5.50. The molecule has 5 rings (SSSR count). The number of nitrogen functional groups attached to an aromatic ring is 1. The molecule has 3 atom stereocenters. The molecule has 1 saturated carbocycles. The van der Waals surface area contributed by atoms with Crippen LogP contribution in [0, 0.1) is 0 Å². The highest BCUT2D eigenvalue weighted by atomic mass is 31.2. The number of anilines is 1. The Bertz CT molecular complexity index is 1210. The van der Waals surface area contributed by atoms with E-state index in [2.05, 4.69) is 20.0 Å². The number of nitrogens with one attached hydrogen (secondary N) is 1. The summed E-state index contributed by atoms with van der Waals surface area (Å²) in [6, 6.07) is 9.13. The second-order valence-electron chi connectivity index (χ2n) is 7.95. The third kappa shape index (κ3) is 5.57. The Kier molecular flexibility index (Phi) is 7.14. The maximum Gasteiger partial charge on any atom is 0.320 e. The van der Waals surface area contributed by atoms with Crippen molar-refractivity contribution in [1.82, 2.24) is 24.6 Å². The van der Waals surface area contributed by atoms with Gasteiger partial charge in [-0.25, -0.2) is 19.3 Å². The Morgan fingerprint density at radius 2 is 2.09 bits per heavy atom. The Morgan fingerprint density at radius 3 is 2.86 bits per heavy atom. The lowest BCUT2D eigenvalue weighted by atomic mass is 9.96. The first-order valence-corrected chi connectivity index (χ1v) is 12.5. The van der Waals surface area contributed by atoms with Crippen molar-refractivity contribution in [3.63, 3.8) is 0 Å². The summed E-state index contributed by atoms with van der Waals surface area (Å²) in [5.41, 5.74) is 6.50. The summed E-state index contributed by atoms with van der Waals surface area (Å²) in [7, 11) is -1.46. The van der Waals surface area contributed by atoms with Gasteiger partial charge in [0.25, 0.3) is 0 Å². The topological polar surface area (TPSA) is 136 Å². The van der Waals surface area contributed by atoms with Gasteiger partial charge in [-0.2, -0.15) is 0 Å². The SMILES string of the molecule is Nc1ncnc2c1ncn2C1OC(OCP(NCC(=O)OC2CCC2)Oc2ccccc2)C=C1F. The third-order valence-corrected chi connectivity index (χ3v) is 6.82. The van der Waals surface area contributed by atoms with Gasteiger partial charge < -0.3 is 24.5 Å². The minimum absolute atomic E-state index is 0.00127. The number of rotatable bonds is 10. The van der Waals surface area contributed by atoms with Gasteiger partial charge in [0.1, 0.15) is 36.6 Å². The summed E-state index contributed by atoms with van der Waals surface area (Å²) >= 11 is 0. The number of benzene rings is 1. The number of halogens is 1. The molecule has 11 nitrogen and oxygen atoms in total. The largest absolute Gasteiger partial charge is 0.461 e. The van der Waals surface area contributed by atoms with Crippen molar-refractivity contribution in [1.29, 1.82) is 0 Å². The van der Waals surface area contributed by atoms with Crippen LogP contribution in [-0.4, -0.2) is 50.8 Å². The van der Waals surface area contributed by atoms with E-state index in [1.54, 1.807) is 12.1 Å². The van der Waals surface area contributed by atoms with Crippen LogP contribution in [0.3, 0.4) is 0 Å². The van der Waals surface area contributed by atoms with Crippen molar-refractivity contribution >= 4 is 31.3 Å². The molecule has 3 heterocycles. The molecule has 184 valence electrons. The van der Waals surface area contributed by atoms with Crippen LogP contribution in [0.2, 0.25) is 0 Å². The van der Waals surface area contributed by atoms with E-state index in [9.17, 15) is 9.18 Å². The van der Waals surface area contributed by atoms with Crippen LogP contribution in [0.4, 0.5) is 10.2 Å². The normalized spacial score (nSPS) is 20.9. The molecule has 3 aromatic rings. The second-order valence-corrected chi connectivity index (χ2v) is 9.46. The minimum atomic E-state index is -1.46. The number of nitrogens with zero attached hydrogens (tertiary/aromatic N) is 4. The summed E-state index contributed by atoms with van der Waals surface area (Å²) in [4.78, 5) is 24.3. The lowest BCUT2D eigenvalue weighted by Crippen LogP contribution is -2.31. The molecule has 3 N–H and O–H groups in total. The Labute approximate surface area is 201 Å². The van der Waals surface area contributed by atoms with Gasteiger partial charge in [0.2, 0.25) is 0 Å². The highest BCUT2D eigenvalue weighted by molar-refractivity contribution is 7.50. The highest BCUT2D eigenvalue weighted by Crippen LogP contribution is 2.37. The lowest BCUT2D eigenvalue weighted by Gasteiger charge is -2.26. The first-order valence-electron chi connectivity index (χ1n) is 11.1. The molecule has 1 fully saturated rings. The number of hydrogen-bond donors (Lipinski definition) is 2. The predicted molar refractivity (Wildman–Crippen MR) is 125 cm³/mol. The van der Waals surface area contributed by atoms with Gasteiger partial charge >= 0.3 is 5.97 Å². The van der Waals surface area contributed by atoms with Gasteiger partial charge in [0.15, 0.2) is 38.1 Å². The zero-order chi connectivity index (χ0) is 24.2. The molecule has 0 bridgehead atoms. The van der Waals surface area contributed by atoms with Crippen molar-refractivity contribution in [3.8, 4) is 5.75 Å². The molecule has 0 amide bonds. The first-order chi connectivity index (χ1) is 17.1. The smallest absolute Gasteiger partial charge is 0.320 e. The fraction of sp³-hybridized carbons (Fsp3) is 0.364. The van der Waals surface area contributed by atoms with Crippen LogP contribution in [0.5, 0.6) is 5.75 Å². The van der Waals surface area contributed by atoms with E-state index < -0.39 is 26.6 Å². The number of para-hydroxylation sites is 1. The van der Waals surface area contributed by atoms with Gasteiger partial charge in [0.05, 0.1) is 6.33 Å². The molecule has 13 heteroatoms. The number of imidazole rings is 1. The minimum Gasteiger partial charge on any atom is -0.461 e. The fourth-order valence-corrected chi connectivity index (χ4v) is 4.67. The molecule has 0 spiro atoms. The van der Waals surface area contributed by atoms with Crippen LogP contribution in [0.1, 0.15) is 25.5 Å². The lowest BCUT2D eigenvalue weighted by molar-refractivity contribution is -0.151. The van der Waals surface area contributed by atoms with Crippen molar-refractivity contribution in [2.45, 2.75) is 37.9 Å². The van der Waals surface area contributed by atoms with Gasteiger partial charge in [-0.1, -0.05) is 18.2 Å². The van der Waals surface area contributed by atoms with E-state index in [1.807, 2.05) is 18.2 Å². The fourth-order valence-electron chi connectivity index (χ4n) is 3.49. The number of fused-ring (bicyclic) bond motifs is 1. The second kappa shape index (κ2) is 10.6. The number of nitrogens with two attached hydrogens (primary N) is 1. The predicted octanol–water partition coefficient (Wildman–Crippen LogP) is 3.17. The van der Waals surface area contributed by atoms with Crippen molar-refractivity contribution in [2.24, 2.45) is 0 Å². The maximum absolute atomic E-state index is 14.7. The van der Waals surface area contributed by atoms with Crippen LogP contribution in [0.25, 0.3) is 11.2 Å². The zero-order valence-corrected chi connectivity index (χ0v) is 19.5. The molecule has 1 aromatic carbocycles. The molecule has 3 unspecified atom stereocenters. The Hall–Kier alpha value is -3.18. The summed E-state index contributed by atoms with van der Waals surface area (Å²) in [6.07, 6.45) is 4.69. The van der Waals surface area contributed by atoms with E-state index in [1.165, 1.54) is 23.3 Å². The summed E-state index contributed by atoms with van der Waals surface area (Å²) in [5, 5.41) is 3.05. The Balaban J connectivity index is 1.20. The molecule has 35 heavy (non-hydrogen) atoms. The molecule has 0 radical (unpaired) electrons. The van der Waals surface area contributed by atoms with Crippen molar-refractivity contribution in [3.05, 3.63) is 54.9 Å². The molecular weight excluding hydrogens is 478 g/mol. The quantitative estimate of drug-likeness (QED) is 0.314. The summed E-state index contributed by atoms with van der Waals surface area (Å²) in [6.45, 7) is -0.0289. The average Bonchev–Trinajstić information content (AvgIpc) is 3.42. The molecule has 0 saturated heterocycles. The van der Waals surface area contributed by atoms with Crippen LogP contribution in [-0.2, 0) is 19.0 Å². The zero-order valence-electron chi connectivity index (χ0n) is 18.6. The number of ether oxygens (including phenoxy) is 3. The molecular formula is C22H24FN6O5P. The molecule has 1 aliphatic carbocycles. The van der Waals surface area contributed by atoms with Crippen LogP contribution < -0.4 is 15.3 Å². The van der Waals surface area contributed by atoms with Gasteiger partial charge in [-0.05, 0) is 31.4 Å². The Morgan fingerprint density at radius 1 is 1.26 bits per heavy atom. The first kappa shape index (κ1) is 23.6. The van der Waals surface area contributed by atoms with E-state index in [0.29, 0.717) is 16.9 Å². The molecule has 2 aromatic heterocycles. The maximum atomic E-state index is 14.7. The number of carbonyl (C=O) groups is 1. The van der Waals surface area contributed by atoms with Crippen molar-refractivity contribution < 1.29 is 27.9 Å². The number of aromatic nitrogens is 4. The van der Waals surface area contributed by atoms with E-state index in [-0.39, 0.29) is 30.8 Å². The van der Waals surface area contributed by atoms with Crippen LogP contribution in [0.15, 0.2) is 54.9 Å². The van der Waals surface area contributed by atoms with Gasteiger partial charge in [-0.3, -0.25) is 14.4 Å². The summed E-state index contributed by atoms with van der Waals surface area (Å²) < 4.78 is 39.0. The van der Waals surface area contributed by atoms with Gasteiger partial charge in [-0.15, -0.1) is 0 Å². The monoisotopic (exact) mass is 502 g/mol. The van der Waals surface area contributed by atoms with E-state index in [0.717, 1.165) is 19.3 Å². The number of hydrogen-bond acceptors (Lipinski definition) is 10. The standard InChI is InChI=1S/C22H24FN6O5P/c23-16-9-18(33-22(16)29-12-27-19-20(24)25-11-26-21(19)29)31-13-35(34-15-5-2-1-3-6-15)28-10-17(30)32-14-7-4-8-14/h1-3,5-6,9,11-12,14,18,22,28H,4,7-8,10,13H2,(H2,24,25,26). The summed E-state index contributed by atoms with van der Waals surface area (Å²) in [5.74, 6) is -0.113. The molecule has 1 aliphatic heterocycles. The van der Waals surface area contributed by atoms with Crippen LogP contribution >= 0.6 is 8.30 Å². The number of carbonyl (C=O) groups excluding carboxylic acids is 1. The van der Waals surface area contributed by atoms with Crippen molar-refractivity contribution in [2.75, 3.05) is 18.6 Å². The number of esters is 1. The highest BCUT2D eigenvalue weighted by Gasteiger charge is 2.32. The van der Waals surface area contributed by atoms with E-state index in [4.69, 9.17) is 24.5 Å². The molecule has 2 aliphatic rings.